The Labute approximate surface area is 123 Å². The molecular formula is C13H17FN2O4S. The van der Waals surface area contributed by atoms with Gasteiger partial charge in [0.2, 0.25) is 10.0 Å². The van der Waals surface area contributed by atoms with Gasteiger partial charge in [0.1, 0.15) is 11.9 Å². The molecule has 0 radical (unpaired) electrons. The first kappa shape index (κ1) is 17.5. The van der Waals surface area contributed by atoms with Gasteiger partial charge in [-0.15, -0.1) is 0 Å². The largest absolute Gasteiger partial charge is 0.352 e. The zero-order chi connectivity index (χ0) is 15.9. The third-order valence-electron chi connectivity index (χ3n) is 2.51. The molecule has 1 aromatic carbocycles. The van der Waals surface area contributed by atoms with Crippen LogP contribution >= 0.6 is 0 Å². The lowest BCUT2D eigenvalue weighted by Crippen LogP contribution is -2.35. The number of ether oxygens (including phenoxy) is 2. The van der Waals surface area contributed by atoms with Crippen LogP contribution in [-0.2, 0) is 19.5 Å². The molecule has 21 heavy (non-hydrogen) atoms. The molecule has 0 aliphatic rings. The third-order valence-corrected chi connectivity index (χ3v) is 3.93. The molecule has 1 N–H and O–H groups in total. The summed E-state index contributed by atoms with van der Waals surface area (Å²) in [5.74, 6) is -0.766. The number of halogens is 1. The molecular weight excluding hydrogens is 299 g/mol. The Morgan fingerprint density at radius 2 is 1.95 bits per heavy atom. The molecule has 0 fully saturated rings. The van der Waals surface area contributed by atoms with Crippen molar-refractivity contribution >= 4 is 10.0 Å². The molecule has 0 bridgehead atoms. The fourth-order valence-electron chi connectivity index (χ4n) is 1.56. The standard InChI is InChI=1S/C13H17FN2O4S/c1-3-19-13(20-4-2)9-16-21(17,18)11-5-6-12(14)10(7-11)8-15/h5-7,13,16H,3-4,9H2,1-2H3. The zero-order valence-corrected chi connectivity index (χ0v) is 12.6. The van der Waals surface area contributed by atoms with Gasteiger partial charge in [-0.2, -0.15) is 5.26 Å². The summed E-state index contributed by atoms with van der Waals surface area (Å²) in [5, 5.41) is 8.72. The molecule has 0 aliphatic heterocycles. The van der Waals surface area contributed by atoms with Crippen LogP contribution in [0.2, 0.25) is 0 Å². The Hall–Kier alpha value is -1.53. The molecule has 0 spiro atoms. The lowest BCUT2D eigenvalue weighted by molar-refractivity contribution is -0.130. The minimum atomic E-state index is -3.87. The summed E-state index contributed by atoms with van der Waals surface area (Å²) < 4.78 is 50.1. The van der Waals surface area contributed by atoms with Gasteiger partial charge >= 0.3 is 0 Å². The topological polar surface area (TPSA) is 88.4 Å². The fraction of sp³-hybridized carbons (Fsp3) is 0.462. The van der Waals surface area contributed by atoms with Gasteiger partial charge in [-0.1, -0.05) is 0 Å². The second-order valence-corrected chi connectivity index (χ2v) is 5.71. The second-order valence-electron chi connectivity index (χ2n) is 3.95. The van der Waals surface area contributed by atoms with E-state index in [1.165, 1.54) is 0 Å². The molecule has 0 heterocycles. The predicted molar refractivity (Wildman–Crippen MR) is 73.3 cm³/mol. The molecule has 0 saturated heterocycles. The molecule has 1 aromatic rings. The Bertz CT molecular complexity index is 607. The summed E-state index contributed by atoms with van der Waals surface area (Å²) in [4.78, 5) is -0.188. The maximum atomic E-state index is 13.2. The smallest absolute Gasteiger partial charge is 0.240 e. The molecule has 0 aliphatic carbocycles. The van der Waals surface area contributed by atoms with Crippen molar-refractivity contribution in [2.75, 3.05) is 19.8 Å². The molecule has 0 aromatic heterocycles. The van der Waals surface area contributed by atoms with Gasteiger partial charge in [0.05, 0.1) is 17.0 Å². The van der Waals surface area contributed by atoms with E-state index in [2.05, 4.69) is 4.72 Å². The number of sulfonamides is 1. The Kier molecular flexibility index (Phi) is 6.71. The summed E-state index contributed by atoms with van der Waals surface area (Å²) in [6.45, 7) is 4.20. The summed E-state index contributed by atoms with van der Waals surface area (Å²) in [5.41, 5.74) is -0.330. The highest BCUT2D eigenvalue weighted by atomic mass is 32.2. The van der Waals surface area contributed by atoms with Crippen molar-refractivity contribution in [3.63, 3.8) is 0 Å². The number of rotatable bonds is 8. The van der Waals surface area contributed by atoms with Gasteiger partial charge in [0.25, 0.3) is 0 Å². The van der Waals surface area contributed by atoms with E-state index in [1.54, 1.807) is 19.9 Å². The van der Waals surface area contributed by atoms with Crippen LogP contribution in [-0.4, -0.2) is 34.5 Å². The molecule has 6 nitrogen and oxygen atoms in total. The minimum Gasteiger partial charge on any atom is -0.352 e. The van der Waals surface area contributed by atoms with Crippen molar-refractivity contribution in [1.82, 2.24) is 4.72 Å². The zero-order valence-electron chi connectivity index (χ0n) is 11.8. The molecule has 1 rings (SSSR count). The van der Waals surface area contributed by atoms with E-state index in [1.807, 2.05) is 0 Å². The summed E-state index contributed by atoms with van der Waals surface area (Å²) >= 11 is 0. The van der Waals surface area contributed by atoms with Crippen LogP contribution in [0.5, 0.6) is 0 Å². The van der Waals surface area contributed by atoms with E-state index in [4.69, 9.17) is 14.7 Å². The average Bonchev–Trinajstić information content (AvgIpc) is 2.45. The highest BCUT2D eigenvalue weighted by Crippen LogP contribution is 2.14. The first-order valence-electron chi connectivity index (χ1n) is 6.37. The van der Waals surface area contributed by atoms with Gasteiger partial charge < -0.3 is 9.47 Å². The highest BCUT2D eigenvalue weighted by molar-refractivity contribution is 7.89. The summed E-state index contributed by atoms with van der Waals surface area (Å²) in [7, 11) is -3.87. The lowest BCUT2D eigenvalue weighted by atomic mass is 10.2. The van der Waals surface area contributed by atoms with Gasteiger partial charge in [0.15, 0.2) is 6.29 Å². The fourth-order valence-corrected chi connectivity index (χ4v) is 2.60. The van der Waals surface area contributed by atoms with Crippen molar-refractivity contribution < 1.29 is 22.3 Å². The van der Waals surface area contributed by atoms with E-state index < -0.39 is 22.1 Å². The molecule has 0 atom stereocenters. The van der Waals surface area contributed by atoms with Gasteiger partial charge in [-0.25, -0.2) is 17.5 Å². The number of hydrogen-bond donors (Lipinski definition) is 1. The SMILES string of the molecule is CCOC(CNS(=O)(=O)c1ccc(F)c(C#N)c1)OCC. The minimum absolute atomic E-state index is 0.0801. The maximum absolute atomic E-state index is 13.2. The van der Waals surface area contributed by atoms with Crippen LogP contribution in [0.4, 0.5) is 4.39 Å². The normalized spacial score (nSPS) is 11.6. The van der Waals surface area contributed by atoms with Crippen LogP contribution in [0, 0.1) is 17.1 Å². The Morgan fingerprint density at radius 1 is 1.33 bits per heavy atom. The molecule has 8 heteroatoms. The van der Waals surface area contributed by atoms with Crippen LogP contribution in [0.1, 0.15) is 19.4 Å². The van der Waals surface area contributed by atoms with E-state index in [-0.39, 0.29) is 17.0 Å². The average molecular weight is 316 g/mol. The number of nitrogens with one attached hydrogen (secondary N) is 1. The van der Waals surface area contributed by atoms with E-state index in [0.717, 1.165) is 18.2 Å². The van der Waals surface area contributed by atoms with Crippen molar-refractivity contribution in [3.05, 3.63) is 29.6 Å². The quantitative estimate of drug-likeness (QED) is 0.732. The maximum Gasteiger partial charge on any atom is 0.240 e. The van der Waals surface area contributed by atoms with Crippen LogP contribution in [0.3, 0.4) is 0 Å². The summed E-state index contributed by atoms with van der Waals surface area (Å²) in [6, 6.07) is 4.61. The lowest BCUT2D eigenvalue weighted by Gasteiger charge is -2.17. The van der Waals surface area contributed by atoms with Crippen LogP contribution in [0.15, 0.2) is 23.1 Å². The van der Waals surface area contributed by atoms with E-state index in [0.29, 0.717) is 13.2 Å². The first-order chi connectivity index (χ1) is 9.94. The number of nitriles is 1. The van der Waals surface area contributed by atoms with Crippen molar-refractivity contribution in [3.8, 4) is 6.07 Å². The third kappa shape index (κ3) is 5.06. The van der Waals surface area contributed by atoms with Gasteiger partial charge in [-0.3, -0.25) is 0 Å². The molecule has 0 saturated carbocycles. The molecule has 0 unspecified atom stereocenters. The van der Waals surface area contributed by atoms with Crippen LogP contribution < -0.4 is 4.72 Å². The molecule has 0 amide bonds. The highest BCUT2D eigenvalue weighted by Gasteiger charge is 2.18. The first-order valence-corrected chi connectivity index (χ1v) is 7.85. The number of benzene rings is 1. The number of nitrogens with zero attached hydrogens (tertiary/aromatic N) is 1. The van der Waals surface area contributed by atoms with Gasteiger partial charge in [-0.05, 0) is 32.0 Å². The van der Waals surface area contributed by atoms with Crippen molar-refractivity contribution in [2.45, 2.75) is 25.0 Å². The number of hydrogen-bond acceptors (Lipinski definition) is 5. The van der Waals surface area contributed by atoms with Gasteiger partial charge in [0, 0.05) is 13.2 Å². The van der Waals surface area contributed by atoms with E-state index in [9.17, 15) is 12.8 Å². The molecule has 116 valence electrons. The van der Waals surface area contributed by atoms with Crippen LogP contribution in [0.25, 0.3) is 0 Å². The van der Waals surface area contributed by atoms with E-state index >= 15 is 0 Å². The monoisotopic (exact) mass is 316 g/mol. The van der Waals surface area contributed by atoms with Crippen molar-refractivity contribution in [2.24, 2.45) is 0 Å². The summed E-state index contributed by atoms with van der Waals surface area (Å²) in [6.07, 6.45) is -0.703. The van der Waals surface area contributed by atoms with Crippen molar-refractivity contribution in [1.29, 1.82) is 5.26 Å². The Morgan fingerprint density at radius 3 is 2.48 bits per heavy atom. The Balaban J connectivity index is 2.84. The second kappa shape index (κ2) is 8.05. The predicted octanol–water partition coefficient (Wildman–Crippen LogP) is 1.37.